The van der Waals surface area contributed by atoms with Crippen molar-refractivity contribution in [2.45, 2.75) is 26.8 Å². The number of aromatic nitrogens is 4. The maximum absolute atomic E-state index is 11.9. The zero-order valence-corrected chi connectivity index (χ0v) is 13.2. The fourth-order valence-corrected chi connectivity index (χ4v) is 4.07. The number of fused-ring (bicyclic) bond motifs is 5. The van der Waals surface area contributed by atoms with Crippen LogP contribution in [0.25, 0.3) is 15.9 Å². The van der Waals surface area contributed by atoms with Gasteiger partial charge in [-0.05, 0) is 25.8 Å². The molecule has 3 aromatic rings. The summed E-state index contributed by atoms with van der Waals surface area (Å²) in [4.78, 5) is 20.3. The summed E-state index contributed by atoms with van der Waals surface area (Å²) < 4.78 is 7.00. The van der Waals surface area contributed by atoms with Gasteiger partial charge >= 0.3 is 6.09 Å². The third kappa shape index (κ3) is 1.87. The van der Waals surface area contributed by atoms with Gasteiger partial charge in [-0.1, -0.05) is 0 Å². The summed E-state index contributed by atoms with van der Waals surface area (Å²) in [7, 11) is 0. The van der Waals surface area contributed by atoms with E-state index in [2.05, 4.69) is 15.2 Å². The molecule has 4 rings (SSSR count). The van der Waals surface area contributed by atoms with Crippen LogP contribution >= 0.6 is 11.3 Å². The number of ether oxygens (including phenoxy) is 1. The van der Waals surface area contributed by atoms with Crippen LogP contribution < -0.4 is 0 Å². The first-order valence-corrected chi connectivity index (χ1v) is 8.03. The quantitative estimate of drug-likeness (QED) is 0.688. The SMILES string of the molecule is CCOC(=O)N1CCc2c(sc3ncn4c(C)nnc4c23)C1. The second-order valence-corrected chi connectivity index (χ2v) is 6.32. The van der Waals surface area contributed by atoms with E-state index in [1.807, 2.05) is 18.2 Å². The standard InChI is InChI=1S/C14H15N5O2S/c1-3-21-14(20)18-5-4-9-10(6-18)22-13-11(9)12-17-16-8(2)19(12)7-15-13/h7H,3-6H2,1-2H3. The number of carbonyl (C=O) groups is 1. The number of rotatable bonds is 1. The van der Waals surface area contributed by atoms with Gasteiger partial charge in [0.1, 0.15) is 17.0 Å². The molecule has 0 saturated heterocycles. The lowest BCUT2D eigenvalue weighted by Crippen LogP contribution is -2.35. The Kier molecular flexibility index (Phi) is 3.00. The number of amides is 1. The summed E-state index contributed by atoms with van der Waals surface area (Å²) in [6, 6.07) is 0. The lowest BCUT2D eigenvalue weighted by atomic mass is 10.1. The van der Waals surface area contributed by atoms with Crippen molar-refractivity contribution in [3.8, 4) is 0 Å². The average Bonchev–Trinajstić information content (AvgIpc) is 3.07. The Bertz CT molecular complexity index is 884. The van der Waals surface area contributed by atoms with E-state index < -0.39 is 0 Å². The van der Waals surface area contributed by atoms with Crippen molar-refractivity contribution >= 4 is 33.3 Å². The predicted molar refractivity (Wildman–Crippen MR) is 82.0 cm³/mol. The fourth-order valence-electron chi connectivity index (χ4n) is 2.87. The molecule has 0 radical (unpaired) electrons. The smallest absolute Gasteiger partial charge is 0.410 e. The Labute approximate surface area is 130 Å². The average molecular weight is 317 g/mol. The number of nitrogens with zero attached hydrogens (tertiary/aromatic N) is 5. The molecule has 0 saturated carbocycles. The first-order valence-electron chi connectivity index (χ1n) is 7.21. The molecule has 0 spiro atoms. The molecular weight excluding hydrogens is 302 g/mol. The minimum absolute atomic E-state index is 0.248. The van der Waals surface area contributed by atoms with Gasteiger partial charge in [-0.3, -0.25) is 4.40 Å². The van der Waals surface area contributed by atoms with Crippen molar-refractivity contribution in [2.75, 3.05) is 13.2 Å². The van der Waals surface area contributed by atoms with Crippen molar-refractivity contribution in [3.63, 3.8) is 0 Å². The Hall–Kier alpha value is -2.22. The molecule has 0 bridgehead atoms. The van der Waals surface area contributed by atoms with Gasteiger partial charge < -0.3 is 9.64 Å². The molecule has 1 aliphatic heterocycles. The van der Waals surface area contributed by atoms with Crippen molar-refractivity contribution in [1.29, 1.82) is 0 Å². The van der Waals surface area contributed by atoms with Crippen LogP contribution in [0.1, 0.15) is 23.2 Å². The van der Waals surface area contributed by atoms with E-state index in [4.69, 9.17) is 4.74 Å². The zero-order chi connectivity index (χ0) is 15.3. The Balaban J connectivity index is 1.81. The maximum Gasteiger partial charge on any atom is 0.410 e. The number of aryl methyl sites for hydroxylation is 1. The summed E-state index contributed by atoms with van der Waals surface area (Å²) in [5.74, 6) is 0.827. The van der Waals surface area contributed by atoms with Gasteiger partial charge in [-0.25, -0.2) is 9.78 Å². The van der Waals surface area contributed by atoms with Crippen molar-refractivity contribution in [1.82, 2.24) is 24.5 Å². The summed E-state index contributed by atoms with van der Waals surface area (Å²) in [5.41, 5.74) is 2.09. The van der Waals surface area contributed by atoms with E-state index in [-0.39, 0.29) is 6.09 Å². The fraction of sp³-hybridized carbons (Fsp3) is 0.429. The third-order valence-corrected chi connectivity index (χ3v) is 5.07. The molecule has 4 heterocycles. The van der Waals surface area contributed by atoms with Crippen molar-refractivity contribution in [2.24, 2.45) is 0 Å². The first-order chi connectivity index (χ1) is 10.7. The Morgan fingerprint density at radius 1 is 1.45 bits per heavy atom. The monoisotopic (exact) mass is 317 g/mol. The van der Waals surface area contributed by atoms with E-state index >= 15 is 0 Å². The van der Waals surface area contributed by atoms with Gasteiger partial charge in [0.15, 0.2) is 5.65 Å². The van der Waals surface area contributed by atoms with Gasteiger partial charge in [0.05, 0.1) is 18.5 Å². The van der Waals surface area contributed by atoms with Crippen LogP contribution in [0.4, 0.5) is 4.79 Å². The van der Waals surface area contributed by atoms with Crippen LogP contribution in [0.5, 0.6) is 0 Å². The molecule has 0 unspecified atom stereocenters. The normalized spacial score (nSPS) is 14.5. The van der Waals surface area contributed by atoms with E-state index in [1.165, 1.54) is 5.56 Å². The second-order valence-electron chi connectivity index (χ2n) is 5.24. The molecule has 3 aromatic heterocycles. The number of carbonyl (C=O) groups excluding carboxylic acids is 1. The van der Waals surface area contributed by atoms with Crippen LogP contribution in [0.3, 0.4) is 0 Å². The lowest BCUT2D eigenvalue weighted by Gasteiger charge is -2.25. The highest BCUT2D eigenvalue weighted by Crippen LogP contribution is 2.36. The molecule has 0 N–H and O–H groups in total. The van der Waals surface area contributed by atoms with E-state index in [9.17, 15) is 4.79 Å². The maximum atomic E-state index is 11.9. The molecule has 7 nitrogen and oxygen atoms in total. The minimum atomic E-state index is -0.248. The molecule has 1 aliphatic rings. The van der Waals surface area contributed by atoms with Gasteiger partial charge in [0.2, 0.25) is 0 Å². The van der Waals surface area contributed by atoms with Crippen LogP contribution in [0.2, 0.25) is 0 Å². The Morgan fingerprint density at radius 3 is 3.14 bits per heavy atom. The Morgan fingerprint density at radius 2 is 2.32 bits per heavy atom. The highest BCUT2D eigenvalue weighted by molar-refractivity contribution is 7.19. The second kappa shape index (κ2) is 4.91. The van der Waals surface area contributed by atoms with Crippen LogP contribution in [-0.4, -0.2) is 43.7 Å². The lowest BCUT2D eigenvalue weighted by molar-refractivity contribution is 0.103. The van der Waals surface area contributed by atoms with Crippen molar-refractivity contribution in [3.05, 3.63) is 22.6 Å². The minimum Gasteiger partial charge on any atom is -0.450 e. The molecule has 1 amide bonds. The highest BCUT2D eigenvalue weighted by Gasteiger charge is 2.27. The van der Waals surface area contributed by atoms with E-state index in [1.54, 1.807) is 22.6 Å². The summed E-state index contributed by atoms with van der Waals surface area (Å²) in [6.45, 7) is 5.37. The number of thiophene rings is 1. The third-order valence-electron chi connectivity index (χ3n) is 3.94. The van der Waals surface area contributed by atoms with Crippen LogP contribution in [-0.2, 0) is 17.7 Å². The van der Waals surface area contributed by atoms with Crippen LogP contribution in [0.15, 0.2) is 6.33 Å². The summed E-state index contributed by atoms with van der Waals surface area (Å²) in [6.07, 6.45) is 2.31. The first kappa shape index (κ1) is 13.4. The van der Waals surface area contributed by atoms with E-state index in [0.717, 1.165) is 33.0 Å². The molecule has 0 aliphatic carbocycles. The highest BCUT2D eigenvalue weighted by atomic mass is 32.1. The molecule has 0 fully saturated rings. The van der Waals surface area contributed by atoms with Gasteiger partial charge in [0, 0.05) is 11.4 Å². The molecule has 0 aromatic carbocycles. The molecule has 0 atom stereocenters. The summed E-state index contributed by atoms with van der Waals surface area (Å²) in [5, 5.41) is 9.50. The number of hydrogen-bond donors (Lipinski definition) is 0. The molecule has 114 valence electrons. The van der Waals surface area contributed by atoms with Gasteiger partial charge in [0.25, 0.3) is 0 Å². The van der Waals surface area contributed by atoms with Gasteiger partial charge in [-0.15, -0.1) is 21.5 Å². The largest absolute Gasteiger partial charge is 0.450 e. The summed E-state index contributed by atoms with van der Waals surface area (Å²) >= 11 is 1.62. The number of hydrogen-bond acceptors (Lipinski definition) is 6. The molecule has 8 heteroatoms. The predicted octanol–water partition coefficient (Wildman–Crippen LogP) is 2.16. The topological polar surface area (TPSA) is 72.6 Å². The van der Waals surface area contributed by atoms with E-state index in [0.29, 0.717) is 19.7 Å². The zero-order valence-electron chi connectivity index (χ0n) is 12.4. The molecular formula is C14H15N5O2S. The van der Waals surface area contributed by atoms with Crippen LogP contribution in [0, 0.1) is 6.92 Å². The van der Waals surface area contributed by atoms with Crippen molar-refractivity contribution < 1.29 is 9.53 Å². The molecule has 22 heavy (non-hydrogen) atoms. The van der Waals surface area contributed by atoms with Gasteiger partial charge in [-0.2, -0.15) is 0 Å².